The standard InChI is InChI=1S/C15H30O3Si/c1-8-11-12-19-18-13(16-14(4,5)9-2)17-15(6,7)10-3/h9-10,13H,2-3,8,11-12,19H2,1,4-7H3. The lowest BCUT2D eigenvalue weighted by Crippen LogP contribution is -2.38. The van der Waals surface area contributed by atoms with Gasteiger partial charge in [0.25, 0.3) is 6.48 Å². The molecule has 0 rings (SSSR count). The third-order valence-corrected chi connectivity index (χ3v) is 4.08. The summed E-state index contributed by atoms with van der Waals surface area (Å²) in [7, 11) is -0.619. The van der Waals surface area contributed by atoms with Crippen LogP contribution >= 0.6 is 0 Å². The Balaban J connectivity index is 4.46. The second-order valence-corrected chi connectivity index (χ2v) is 7.17. The summed E-state index contributed by atoms with van der Waals surface area (Å²) in [6.45, 7) is 16.8. The maximum Gasteiger partial charge on any atom is 0.263 e. The van der Waals surface area contributed by atoms with Crippen LogP contribution in [0.4, 0.5) is 0 Å². The molecule has 0 aromatic rings. The van der Waals surface area contributed by atoms with Crippen LogP contribution in [0.3, 0.4) is 0 Å². The molecule has 0 atom stereocenters. The number of unbranched alkanes of at least 4 members (excludes halogenated alkanes) is 1. The zero-order valence-corrected chi connectivity index (χ0v) is 14.6. The van der Waals surface area contributed by atoms with Crippen molar-refractivity contribution < 1.29 is 13.9 Å². The molecule has 0 aliphatic heterocycles. The van der Waals surface area contributed by atoms with Crippen LogP contribution in [0.2, 0.25) is 6.04 Å². The summed E-state index contributed by atoms with van der Waals surface area (Å²) in [5.74, 6) is 0. The molecule has 0 unspecified atom stereocenters. The molecule has 0 aliphatic carbocycles. The molecule has 112 valence electrons. The molecule has 4 heteroatoms. The Labute approximate surface area is 121 Å². The first-order valence-electron chi connectivity index (χ1n) is 7.00. The molecule has 0 fully saturated rings. The predicted molar refractivity (Wildman–Crippen MR) is 83.9 cm³/mol. The van der Waals surface area contributed by atoms with Crippen LogP contribution in [0.15, 0.2) is 25.3 Å². The molecule has 0 saturated carbocycles. The summed E-state index contributed by atoms with van der Waals surface area (Å²) >= 11 is 0. The van der Waals surface area contributed by atoms with Crippen molar-refractivity contribution in [2.45, 2.75) is 71.2 Å². The summed E-state index contributed by atoms with van der Waals surface area (Å²) in [5, 5.41) is 0. The van der Waals surface area contributed by atoms with Crippen LogP contribution < -0.4 is 0 Å². The van der Waals surface area contributed by atoms with Crippen LogP contribution in [0, 0.1) is 0 Å². The van der Waals surface area contributed by atoms with Gasteiger partial charge in [-0.2, -0.15) is 0 Å². The van der Waals surface area contributed by atoms with Gasteiger partial charge < -0.3 is 13.9 Å². The van der Waals surface area contributed by atoms with Crippen molar-refractivity contribution in [3.8, 4) is 0 Å². The minimum absolute atomic E-state index is 0.471. The van der Waals surface area contributed by atoms with Gasteiger partial charge in [0.05, 0.1) is 11.2 Å². The van der Waals surface area contributed by atoms with E-state index in [1.807, 2.05) is 27.7 Å². The van der Waals surface area contributed by atoms with Gasteiger partial charge in [-0.3, -0.25) is 0 Å². The molecule has 0 amide bonds. The minimum atomic E-state index is -0.649. The maximum absolute atomic E-state index is 5.83. The minimum Gasteiger partial charge on any atom is -0.379 e. The van der Waals surface area contributed by atoms with Crippen LogP contribution in [-0.4, -0.2) is 27.4 Å². The van der Waals surface area contributed by atoms with Gasteiger partial charge in [-0.15, -0.1) is 13.2 Å². The van der Waals surface area contributed by atoms with Crippen LogP contribution in [0.5, 0.6) is 0 Å². The Kier molecular flexibility index (Phi) is 8.50. The Morgan fingerprint density at radius 3 is 1.89 bits per heavy atom. The van der Waals surface area contributed by atoms with E-state index in [4.69, 9.17) is 13.9 Å². The zero-order chi connectivity index (χ0) is 14.9. The molecule has 0 aliphatic rings. The predicted octanol–water partition coefficient (Wildman–Crippen LogP) is 3.55. The zero-order valence-electron chi connectivity index (χ0n) is 13.2. The van der Waals surface area contributed by atoms with Gasteiger partial charge in [0.1, 0.15) is 0 Å². The molecular weight excluding hydrogens is 256 g/mol. The summed E-state index contributed by atoms with van der Waals surface area (Å²) in [6, 6.07) is 1.14. The van der Waals surface area contributed by atoms with E-state index in [9.17, 15) is 0 Å². The van der Waals surface area contributed by atoms with Gasteiger partial charge in [-0.1, -0.05) is 31.9 Å². The van der Waals surface area contributed by atoms with Crippen LogP contribution in [0.1, 0.15) is 47.5 Å². The third kappa shape index (κ3) is 9.16. The van der Waals surface area contributed by atoms with Gasteiger partial charge in [0, 0.05) is 0 Å². The molecule has 3 nitrogen and oxygen atoms in total. The van der Waals surface area contributed by atoms with Crippen molar-refractivity contribution in [3.05, 3.63) is 25.3 Å². The van der Waals surface area contributed by atoms with E-state index >= 15 is 0 Å². The highest BCUT2D eigenvalue weighted by Crippen LogP contribution is 2.20. The quantitative estimate of drug-likeness (QED) is 0.252. The van der Waals surface area contributed by atoms with Gasteiger partial charge in [0.15, 0.2) is 9.76 Å². The Hall–Kier alpha value is -0.423. The molecule has 0 N–H and O–H groups in total. The molecule has 0 aromatic heterocycles. The molecule has 0 saturated heterocycles. The summed E-state index contributed by atoms with van der Waals surface area (Å²) in [4.78, 5) is 0. The lowest BCUT2D eigenvalue weighted by Gasteiger charge is -2.33. The van der Waals surface area contributed by atoms with Gasteiger partial charge in [0.2, 0.25) is 0 Å². The van der Waals surface area contributed by atoms with E-state index in [1.165, 1.54) is 12.8 Å². The highest BCUT2D eigenvalue weighted by Gasteiger charge is 2.26. The first-order valence-corrected chi connectivity index (χ1v) is 8.58. The van der Waals surface area contributed by atoms with E-state index in [0.29, 0.717) is 0 Å². The van der Waals surface area contributed by atoms with Gasteiger partial charge in [-0.05, 0) is 33.7 Å². The second kappa shape index (κ2) is 8.69. The Morgan fingerprint density at radius 2 is 1.53 bits per heavy atom. The highest BCUT2D eigenvalue weighted by molar-refractivity contribution is 6.27. The normalized spacial score (nSPS) is 13.4. The number of hydrogen-bond acceptors (Lipinski definition) is 3. The smallest absolute Gasteiger partial charge is 0.263 e. The van der Waals surface area contributed by atoms with Crippen molar-refractivity contribution >= 4 is 9.76 Å². The Bertz CT molecular complexity index is 253. The summed E-state index contributed by atoms with van der Waals surface area (Å²) in [6.07, 6.45) is 5.90. The molecule has 0 heterocycles. The fraction of sp³-hybridized carbons (Fsp3) is 0.733. The average molecular weight is 286 g/mol. The lowest BCUT2D eigenvalue weighted by molar-refractivity contribution is -0.304. The van der Waals surface area contributed by atoms with E-state index in [1.54, 1.807) is 12.2 Å². The van der Waals surface area contributed by atoms with E-state index in [2.05, 4.69) is 20.1 Å². The van der Waals surface area contributed by atoms with Crippen molar-refractivity contribution in [1.82, 2.24) is 0 Å². The molecule has 0 radical (unpaired) electrons. The molecule has 19 heavy (non-hydrogen) atoms. The topological polar surface area (TPSA) is 27.7 Å². The van der Waals surface area contributed by atoms with Gasteiger partial charge >= 0.3 is 0 Å². The lowest BCUT2D eigenvalue weighted by atomic mass is 10.1. The van der Waals surface area contributed by atoms with Crippen molar-refractivity contribution in [2.75, 3.05) is 0 Å². The van der Waals surface area contributed by atoms with Gasteiger partial charge in [-0.25, -0.2) is 0 Å². The molecular formula is C15H30O3Si. The summed E-state index contributed by atoms with van der Waals surface area (Å²) < 4.78 is 17.5. The van der Waals surface area contributed by atoms with E-state index < -0.39 is 27.4 Å². The third-order valence-electron chi connectivity index (χ3n) is 2.78. The van der Waals surface area contributed by atoms with Crippen molar-refractivity contribution in [2.24, 2.45) is 0 Å². The maximum atomic E-state index is 5.83. The van der Waals surface area contributed by atoms with Crippen molar-refractivity contribution in [1.29, 1.82) is 0 Å². The number of hydrogen-bond donors (Lipinski definition) is 0. The monoisotopic (exact) mass is 286 g/mol. The fourth-order valence-electron chi connectivity index (χ4n) is 1.22. The largest absolute Gasteiger partial charge is 0.379 e. The van der Waals surface area contributed by atoms with Crippen molar-refractivity contribution in [3.63, 3.8) is 0 Å². The number of rotatable bonds is 11. The van der Waals surface area contributed by atoms with Crippen LogP contribution in [-0.2, 0) is 13.9 Å². The fourth-order valence-corrected chi connectivity index (χ4v) is 2.42. The number of ether oxygens (including phenoxy) is 2. The molecule has 0 aromatic carbocycles. The second-order valence-electron chi connectivity index (χ2n) is 5.72. The van der Waals surface area contributed by atoms with Crippen LogP contribution in [0.25, 0.3) is 0 Å². The molecule has 0 spiro atoms. The van der Waals surface area contributed by atoms with E-state index in [-0.39, 0.29) is 0 Å². The SMILES string of the molecule is C=CC(C)(C)OC(O[SiH2]CCCC)OC(C)(C)C=C. The highest BCUT2D eigenvalue weighted by atomic mass is 28.2. The van der Waals surface area contributed by atoms with E-state index in [0.717, 1.165) is 6.04 Å². The first-order chi connectivity index (χ1) is 8.76. The average Bonchev–Trinajstić information content (AvgIpc) is 2.33. The summed E-state index contributed by atoms with van der Waals surface area (Å²) in [5.41, 5.74) is -0.942. The molecule has 0 bridgehead atoms. The Morgan fingerprint density at radius 1 is 1.05 bits per heavy atom. The first kappa shape index (κ1) is 18.6.